The SMILES string of the molecule is COC(=O)Cc1ccc(CNCC(C2CC2)C2CC2)s1. The molecule has 3 nitrogen and oxygen atoms in total. The lowest BCUT2D eigenvalue weighted by atomic mass is 9.98. The van der Waals surface area contributed by atoms with Crippen LogP contribution in [0.1, 0.15) is 35.4 Å². The number of esters is 1. The van der Waals surface area contributed by atoms with Crippen LogP contribution in [-0.2, 0) is 22.5 Å². The molecule has 2 fully saturated rings. The third-order valence-corrected chi connectivity index (χ3v) is 5.48. The number of nitrogens with one attached hydrogen (secondary N) is 1. The second kappa shape index (κ2) is 6.27. The molecule has 0 atom stereocenters. The molecule has 0 bridgehead atoms. The molecule has 110 valence electrons. The zero-order valence-corrected chi connectivity index (χ0v) is 12.9. The van der Waals surface area contributed by atoms with Crippen molar-refractivity contribution in [1.82, 2.24) is 5.32 Å². The fraction of sp³-hybridized carbons (Fsp3) is 0.688. The zero-order chi connectivity index (χ0) is 13.9. The second-order valence-electron chi connectivity index (χ2n) is 6.09. The van der Waals surface area contributed by atoms with Gasteiger partial charge in [-0.3, -0.25) is 4.79 Å². The summed E-state index contributed by atoms with van der Waals surface area (Å²) in [5.74, 6) is 2.78. The van der Waals surface area contributed by atoms with Gasteiger partial charge in [-0.2, -0.15) is 0 Å². The van der Waals surface area contributed by atoms with Crippen molar-refractivity contribution in [1.29, 1.82) is 0 Å². The average molecular weight is 293 g/mol. The fourth-order valence-corrected chi connectivity index (χ4v) is 3.93. The molecule has 1 N–H and O–H groups in total. The van der Waals surface area contributed by atoms with E-state index in [4.69, 9.17) is 4.74 Å². The van der Waals surface area contributed by atoms with Crippen molar-refractivity contribution < 1.29 is 9.53 Å². The molecule has 1 aromatic rings. The molecule has 2 aliphatic carbocycles. The standard InChI is InChI=1S/C16H23NO2S/c1-19-16(18)8-13-6-7-14(20-13)9-17-10-15(11-2-3-11)12-4-5-12/h6-7,11-12,15,17H,2-5,8-10H2,1H3. The van der Waals surface area contributed by atoms with Crippen molar-refractivity contribution in [2.75, 3.05) is 13.7 Å². The van der Waals surface area contributed by atoms with E-state index in [0.717, 1.165) is 29.2 Å². The fourth-order valence-electron chi connectivity index (χ4n) is 2.96. The van der Waals surface area contributed by atoms with Crippen LogP contribution < -0.4 is 5.32 Å². The minimum atomic E-state index is -0.158. The lowest BCUT2D eigenvalue weighted by molar-refractivity contribution is -0.139. The Kier molecular flexibility index (Phi) is 4.41. The summed E-state index contributed by atoms with van der Waals surface area (Å²) in [7, 11) is 1.44. The number of carbonyl (C=O) groups is 1. The van der Waals surface area contributed by atoms with Crippen LogP contribution in [0, 0.1) is 17.8 Å². The molecule has 0 unspecified atom stereocenters. The van der Waals surface area contributed by atoms with Gasteiger partial charge in [0.25, 0.3) is 0 Å². The number of hydrogen-bond acceptors (Lipinski definition) is 4. The molecule has 0 radical (unpaired) electrons. The predicted octanol–water partition coefficient (Wildman–Crippen LogP) is 2.99. The Morgan fingerprint density at radius 1 is 1.30 bits per heavy atom. The van der Waals surface area contributed by atoms with Crippen LogP contribution in [-0.4, -0.2) is 19.6 Å². The van der Waals surface area contributed by atoms with Gasteiger partial charge in [0.05, 0.1) is 13.5 Å². The van der Waals surface area contributed by atoms with Gasteiger partial charge in [-0.05, 0) is 62.1 Å². The zero-order valence-electron chi connectivity index (χ0n) is 12.1. The number of rotatable bonds is 8. The third kappa shape index (κ3) is 3.83. The van der Waals surface area contributed by atoms with Crippen LogP contribution in [0.5, 0.6) is 0 Å². The Balaban J connectivity index is 1.42. The summed E-state index contributed by atoms with van der Waals surface area (Å²) in [6, 6.07) is 4.16. The molecule has 0 aromatic carbocycles. The molecule has 1 aromatic heterocycles. The number of carbonyl (C=O) groups excluding carboxylic acids is 1. The summed E-state index contributed by atoms with van der Waals surface area (Å²) in [6.45, 7) is 2.10. The number of ether oxygens (including phenoxy) is 1. The van der Waals surface area contributed by atoms with Gasteiger partial charge in [-0.15, -0.1) is 11.3 Å². The summed E-state index contributed by atoms with van der Waals surface area (Å²) < 4.78 is 4.69. The molecule has 0 saturated heterocycles. The first-order valence-electron chi connectivity index (χ1n) is 7.61. The maximum Gasteiger partial charge on any atom is 0.310 e. The van der Waals surface area contributed by atoms with Crippen molar-refractivity contribution in [3.8, 4) is 0 Å². The van der Waals surface area contributed by atoms with Gasteiger partial charge in [0, 0.05) is 16.3 Å². The Hall–Kier alpha value is -0.870. The Labute approximate surface area is 124 Å². The summed E-state index contributed by atoms with van der Waals surface area (Å²) in [6.07, 6.45) is 6.19. The van der Waals surface area contributed by atoms with E-state index in [0.29, 0.717) is 6.42 Å². The second-order valence-corrected chi connectivity index (χ2v) is 7.34. The molecular weight excluding hydrogens is 270 g/mol. The van der Waals surface area contributed by atoms with Crippen molar-refractivity contribution in [3.05, 3.63) is 21.9 Å². The monoisotopic (exact) mass is 293 g/mol. The smallest absolute Gasteiger partial charge is 0.310 e. The van der Waals surface area contributed by atoms with E-state index >= 15 is 0 Å². The Bertz CT molecular complexity index is 451. The quantitative estimate of drug-likeness (QED) is 0.749. The van der Waals surface area contributed by atoms with Crippen molar-refractivity contribution in [3.63, 3.8) is 0 Å². The van der Waals surface area contributed by atoms with E-state index in [1.807, 2.05) is 6.07 Å². The van der Waals surface area contributed by atoms with Crippen LogP contribution in [0.25, 0.3) is 0 Å². The van der Waals surface area contributed by atoms with Crippen molar-refractivity contribution in [2.24, 2.45) is 17.8 Å². The molecule has 0 spiro atoms. The van der Waals surface area contributed by atoms with E-state index in [9.17, 15) is 4.79 Å². The normalized spacial score (nSPS) is 18.5. The summed E-state index contributed by atoms with van der Waals surface area (Å²) >= 11 is 1.71. The predicted molar refractivity (Wildman–Crippen MR) is 80.7 cm³/mol. The molecule has 4 heteroatoms. The van der Waals surface area contributed by atoms with Crippen LogP contribution in [0.2, 0.25) is 0 Å². The van der Waals surface area contributed by atoms with Gasteiger partial charge >= 0.3 is 5.97 Å². The maximum atomic E-state index is 11.2. The minimum Gasteiger partial charge on any atom is -0.469 e. The van der Waals surface area contributed by atoms with Crippen molar-refractivity contribution in [2.45, 2.75) is 38.6 Å². The highest BCUT2D eigenvalue weighted by Crippen LogP contribution is 2.48. The van der Waals surface area contributed by atoms with Gasteiger partial charge in [-0.1, -0.05) is 0 Å². The number of methoxy groups -OCH3 is 1. The summed E-state index contributed by atoms with van der Waals surface area (Å²) in [5.41, 5.74) is 0. The topological polar surface area (TPSA) is 38.3 Å². The van der Waals surface area contributed by atoms with E-state index < -0.39 is 0 Å². The van der Waals surface area contributed by atoms with Gasteiger partial charge in [0.15, 0.2) is 0 Å². The van der Waals surface area contributed by atoms with Gasteiger partial charge in [-0.25, -0.2) is 0 Å². The summed E-state index contributed by atoms with van der Waals surface area (Å²) in [5, 5.41) is 3.62. The first kappa shape index (κ1) is 14.1. The number of hydrogen-bond donors (Lipinski definition) is 1. The highest BCUT2D eigenvalue weighted by Gasteiger charge is 2.40. The van der Waals surface area contributed by atoms with Crippen molar-refractivity contribution >= 4 is 17.3 Å². The Morgan fingerprint density at radius 3 is 2.55 bits per heavy atom. The van der Waals surface area contributed by atoms with Crippen LogP contribution >= 0.6 is 11.3 Å². The molecule has 2 saturated carbocycles. The Morgan fingerprint density at radius 2 is 1.95 bits per heavy atom. The average Bonchev–Trinajstić information content (AvgIpc) is 3.35. The van der Waals surface area contributed by atoms with Crippen LogP contribution in [0.15, 0.2) is 12.1 Å². The lowest BCUT2D eigenvalue weighted by Gasteiger charge is -2.15. The molecule has 1 heterocycles. The largest absolute Gasteiger partial charge is 0.469 e. The van der Waals surface area contributed by atoms with Crippen LogP contribution in [0.4, 0.5) is 0 Å². The van der Waals surface area contributed by atoms with E-state index in [1.165, 1.54) is 44.2 Å². The van der Waals surface area contributed by atoms with E-state index in [-0.39, 0.29) is 5.97 Å². The van der Waals surface area contributed by atoms with Crippen LogP contribution in [0.3, 0.4) is 0 Å². The first-order valence-corrected chi connectivity index (χ1v) is 8.43. The van der Waals surface area contributed by atoms with E-state index in [2.05, 4.69) is 11.4 Å². The number of thiophene rings is 1. The highest BCUT2D eigenvalue weighted by molar-refractivity contribution is 7.12. The molecule has 0 amide bonds. The molecule has 0 aliphatic heterocycles. The van der Waals surface area contributed by atoms with Gasteiger partial charge < -0.3 is 10.1 Å². The molecule has 3 rings (SSSR count). The molecular formula is C16H23NO2S. The lowest BCUT2D eigenvalue weighted by Crippen LogP contribution is -2.24. The molecule has 2 aliphatic rings. The maximum absolute atomic E-state index is 11.2. The first-order chi connectivity index (χ1) is 9.76. The summed E-state index contributed by atoms with van der Waals surface area (Å²) in [4.78, 5) is 13.6. The highest BCUT2D eigenvalue weighted by atomic mass is 32.1. The third-order valence-electron chi connectivity index (χ3n) is 4.40. The minimum absolute atomic E-state index is 0.158. The van der Waals surface area contributed by atoms with Gasteiger partial charge in [0.2, 0.25) is 0 Å². The van der Waals surface area contributed by atoms with Gasteiger partial charge in [0.1, 0.15) is 0 Å². The molecule has 20 heavy (non-hydrogen) atoms. The van der Waals surface area contributed by atoms with E-state index in [1.54, 1.807) is 11.3 Å².